The van der Waals surface area contributed by atoms with Gasteiger partial charge in [0.05, 0.1) is 5.92 Å². The van der Waals surface area contributed by atoms with Gasteiger partial charge in [-0.2, -0.15) is 13.2 Å². The second-order valence-electron chi connectivity index (χ2n) is 5.88. The highest BCUT2D eigenvalue weighted by atomic mass is 32.2. The van der Waals surface area contributed by atoms with Gasteiger partial charge in [-0.3, -0.25) is 0 Å². The average Bonchev–Trinajstić information content (AvgIpc) is 2.91. The highest BCUT2D eigenvalue weighted by Gasteiger charge is 2.43. The number of aromatic carboxylic acids is 1. The van der Waals surface area contributed by atoms with Crippen molar-refractivity contribution in [2.75, 3.05) is 0 Å². The van der Waals surface area contributed by atoms with Crippen LogP contribution < -0.4 is 4.72 Å². The number of hydrogen-bond acceptors (Lipinski definition) is 3. The van der Waals surface area contributed by atoms with E-state index in [4.69, 9.17) is 5.11 Å². The van der Waals surface area contributed by atoms with Crippen molar-refractivity contribution in [3.05, 3.63) is 18.0 Å². The monoisotopic (exact) mass is 368 g/mol. The van der Waals surface area contributed by atoms with Crippen LogP contribution in [0.1, 0.15) is 43.1 Å². The molecule has 0 saturated heterocycles. The number of halogens is 3. The molecule has 6 nitrogen and oxygen atoms in total. The smallest absolute Gasteiger partial charge is 0.391 e. The van der Waals surface area contributed by atoms with E-state index in [0.717, 1.165) is 6.07 Å². The molecule has 0 amide bonds. The number of sulfonamides is 1. The maximum absolute atomic E-state index is 12.8. The number of nitrogens with zero attached hydrogens (tertiary/aromatic N) is 1. The van der Waals surface area contributed by atoms with Gasteiger partial charge >= 0.3 is 12.1 Å². The summed E-state index contributed by atoms with van der Waals surface area (Å²) in [6, 6.07) is 0.201. The molecule has 0 radical (unpaired) electrons. The third kappa shape index (κ3) is 4.10. The van der Waals surface area contributed by atoms with E-state index in [9.17, 15) is 26.4 Å². The van der Waals surface area contributed by atoms with E-state index >= 15 is 0 Å². The Hall–Kier alpha value is -1.55. The molecule has 1 aliphatic carbocycles. The van der Waals surface area contributed by atoms with Crippen LogP contribution in [0, 0.1) is 5.92 Å². The van der Waals surface area contributed by atoms with Crippen molar-refractivity contribution in [1.82, 2.24) is 9.29 Å². The van der Waals surface area contributed by atoms with E-state index < -0.39 is 34.1 Å². The van der Waals surface area contributed by atoms with Gasteiger partial charge in [0.25, 0.3) is 0 Å². The topological polar surface area (TPSA) is 88.4 Å². The van der Waals surface area contributed by atoms with Crippen molar-refractivity contribution in [3.63, 3.8) is 0 Å². The lowest BCUT2D eigenvalue weighted by Gasteiger charge is -2.30. The number of rotatable bonds is 5. The van der Waals surface area contributed by atoms with Crippen molar-refractivity contribution in [2.45, 2.75) is 56.3 Å². The molecule has 2 N–H and O–H groups in total. The first-order valence-electron chi connectivity index (χ1n) is 7.57. The SMILES string of the molecule is CCn1cc(S(=O)(=O)N[C@H]2CCC[C@@H](C(F)(F)F)C2)cc1C(=O)O. The molecule has 10 heteroatoms. The molecule has 1 aliphatic rings. The maximum Gasteiger partial charge on any atom is 0.391 e. The van der Waals surface area contributed by atoms with Crippen LogP contribution in [0.25, 0.3) is 0 Å². The van der Waals surface area contributed by atoms with Crippen LogP contribution in [0.4, 0.5) is 13.2 Å². The van der Waals surface area contributed by atoms with E-state index in [2.05, 4.69) is 4.72 Å². The molecule has 2 atom stereocenters. The van der Waals surface area contributed by atoms with E-state index in [1.165, 1.54) is 10.8 Å². The lowest BCUT2D eigenvalue weighted by Crippen LogP contribution is -2.41. The predicted octanol–water partition coefficient (Wildman–Crippen LogP) is 2.61. The standard InChI is InChI=1S/C14H19F3N2O4S/c1-2-19-8-11(7-12(19)13(20)21)24(22,23)18-10-5-3-4-9(6-10)14(15,16)17/h7-10,18H,2-6H2,1H3,(H,20,21)/t9-,10+/m1/s1. The first-order chi connectivity index (χ1) is 11.0. The number of carboxylic acids is 1. The third-order valence-electron chi connectivity index (χ3n) is 4.20. The minimum absolute atomic E-state index is 0.00288. The first kappa shape index (κ1) is 18.8. The van der Waals surface area contributed by atoms with Crippen LogP contribution in [-0.4, -0.2) is 36.3 Å². The molecule has 2 rings (SSSR count). The summed E-state index contributed by atoms with van der Waals surface area (Å²) in [6.45, 7) is 1.92. The fraction of sp³-hybridized carbons (Fsp3) is 0.643. The number of aromatic nitrogens is 1. The van der Waals surface area contributed by atoms with Crippen molar-refractivity contribution in [1.29, 1.82) is 0 Å². The van der Waals surface area contributed by atoms with Gasteiger partial charge in [-0.1, -0.05) is 6.42 Å². The number of nitrogens with one attached hydrogen (secondary N) is 1. The average molecular weight is 368 g/mol. The second-order valence-corrected chi connectivity index (χ2v) is 7.59. The maximum atomic E-state index is 12.8. The summed E-state index contributed by atoms with van der Waals surface area (Å²) in [4.78, 5) is 10.8. The number of carboxylic acid groups (broad SMARTS) is 1. The minimum atomic E-state index is -4.34. The van der Waals surface area contributed by atoms with Gasteiger partial charge < -0.3 is 9.67 Å². The van der Waals surface area contributed by atoms with E-state index in [1.807, 2.05) is 0 Å². The summed E-state index contributed by atoms with van der Waals surface area (Å²) in [5.41, 5.74) is -0.185. The van der Waals surface area contributed by atoms with Crippen LogP contribution >= 0.6 is 0 Å². The molecule has 1 heterocycles. The van der Waals surface area contributed by atoms with E-state index in [-0.39, 0.29) is 36.4 Å². The van der Waals surface area contributed by atoms with Gasteiger partial charge in [0.15, 0.2) is 0 Å². The van der Waals surface area contributed by atoms with Crippen molar-refractivity contribution in [3.8, 4) is 0 Å². The Balaban J connectivity index is 2.18. The molecule has 0 bridgehead atoms. The zero-order chi connectivity index (χ0) is 18.1. The second kappa shape index (κ2) is 6.75. The number of alkyl halides is 3. The largest absolute Gasteiger partial charge is 0.477 e. The molecule has 0 aromatic carbocycles. The molecule has 1 fully saturated rings. The molecule has 136 valence electrons. The molecule has 24 heavy (non-hydrogen) atoms. The third-order valence-corrected chi connectivity index (χ3v) is 5.69. The van der Waals surface area contributed by atoms with Gasteiger partial charge in [-0.05, 0) is 32.3 Å². The quantitative estimate of drug-likeness (QED) is 0.836. The number of aryl methyl sites for hydroxylation is 1. The van der Waals surface area contributed by atoms with Crippen LogP contribution in [0.15, 0.2) is 17.2 Å². The lowest BCUT2D eigenvalue weighted by molar-refractivity contribution is -0.183. The highest BCUT2D eigenvalue weighted by molar-refractivity contribution is 7.89. The molecule has 0 unspecified atom stereocenters. The number of carbonyl (C=O) groups is 1. The minimum Gasteiger partial charge on any atom is -0.477 e. The van der Waals surface area contributed by atoms with Gasteiger partial charge in [-0.15, -0.1) is 0 Å². The first-order valence-corrected chi connectivity index (χ1v) is 9.05. The zero-order valence-corrected chi connectivity index (χ0v) is 13.8. The van der Waals surface area contributed by atoms with Crippen LogP contribution in [-0.2, 0) is 16.6 Å². The molecular formula is C14H19F3N2O4S. The summed E-state index contributed by atoms with van der Waals surface area (Å²) in [5.74, 6) is -2.79. The Bertz CT molecular complexity index is 712. The molecule has 1 saturated carbocycles. The molecular weight excluding hydrogens is 349 g/mol. The normalized spacial score (nSPS) is 22.5. The molecule has 0 aliphatic heterocycles. The van der Waals surface area contributed by atoms with Gasteiger partial charge in [-0.25, -0.2) is 17.9 Å². The Kier molecular flexibility index (Phi) is 5.28. The van der Waals surface area contributed by atoms with Crippen molar-refractivity contribution >= 4 is 16.0 Å². The van der Waals surface area contributed by atoms with E-state index in [1.54, 1.807) is 6.92 Å². The Morgan fingerprint density at radius 3 is 2.58 bits per heavy atom. The number of hydrogen-bond donors (Lipinski definition) is 2. The van der Waals surface area contributed by atoms with Gasteiger partial charge in [0.2, 0.25) is 10.0 Å². The summed E-state index contributed by atoms with van der Waals surface area (Å²) in [5, 5.41) is 9.06. The summed E-state index contributed by atoms with van der Waals surface area (Å²) < 4.78 is 66.7. The van der Waals surface area contributed by atoms with Crippen LogP contribution in [0.2, 0.25) is 0 Å². The Labute approximate surface area is 137 Å². The predicted molar refractivity (Wildman–Crippen MR) is 79.2 cm³/mol. The summed E-state index contributed by atoms with van der Waals surface area (Å²) in [6.07, 6.45) is -2.86. The fourth-order valence-corrected chi connectivity index (χ4v) is 4.27. The van der Waals surface area contributed by atoms with Crippen LogP contribution in [0.3, 0.4) is 0 Å². The Morgan fingerprint density at radius 1 is 1.42 bits per heavy atom. The highest BCUT2D eigenvalue weighted by Crippen LogP contribution is 2.37. The van der Waals surface area contributed by atoms with Gasteiger partial charge in [0.1, 0.15) is 10.6 Å². The Morgan fingerprint density at radius 2 is 2.08 bits per heavy atom. The van der Waals surface area contributed by atoms with Crippen molar-refractivity contribution in [2.24, 2.45) is 5.92 Å². The summed E-state index contributed by atoms with van der Waals surface area (Å²) in [7, 11) is -4.08. The fourth-order valence-electron chi connectivity index (χ4n) is 2.95. The zero-order valence-electron chi connectivity index (χ0n) is 13.0. The van der Waals surface area contributed by atoms with Gasteiger partial charge in [0, 0.05) is 18.8 Å². The molecule has 1 aromatic rings. The molecule has 0 spiro atoms. The lowest BCUT2D eigenvalue weighted by atomic mass is 9.86. The summed E-state index contributed by atoms with van der Waals surface area (Å²) >= 11 is 0. The van der Waals surface area contributed by atoms with Crippen molar-refractivity contribution < 1.29 is 31.5 Å². The molecule has 1 aromatic heterocycles. The van der Waals surface area contributed by atoms with Crippen LogP contribution in [0.5, 0.6) is 0 Å². The van der Waals surface area contributed by atoms with E-state index in [0.29, 0.717) is 6.42 Å².